The summed E-state index contributed by atoms with van der Waals surface area (Å²) in [5.41, 5.74) is 9.71. The Morgan fingerprint density at radius 1 is 1.16 bits per heavy atom. The van der Waals surface area contributed by atoms with Gasteiger partial charge in [0.1, 0.15) is 11.3 Å². The van der Waals surface area contributed by atoms with Crippen LogP contribution in [0.3, 0.4) is 0 Å². The van der Waals surface area contributed by atoms with Crippen LogP contribution in [0.2, 0.25) is 4.87 Å². The van der Waals surface area contributed by atoms with E-state index in [0.717, 1.165) is 82.2 Å². The molecule has 0 bridgehead atoms. The Labute approximate surface area is 400 Å². The van der Waals surface area contributed by atoms with Crippen LogP contribution in [-0.4, -0.2) is 140 Å². The Morgan fingerprint density at radius 3 is 2.57 bits per heavy atom. The van der Waals surface area contributed by atoms with Crippen LogP contribution < -0.4 is 10.7 Å². The first-order valence-corrected chi connectivity index (χ1v) is 26.6. The van der Waals surface area contributed by atoms with Gasteiger partial charge in [-0.3, -0.25) is 24.4 Å². The summed E-state index contributed by atoms with van der Waals surface area (Å²) < 4.78 is 23.1. The molecule has 2 N–H and O–H groups in total. The molecule has 2 radical (unpaired) electrons. The van der Waals surface area contributed by atoms with E-state index in [2.05, 4.69) is 69.5 Å². The van der Waals surface area contributed by atoms with Crippen LogP contribution in [0, 0.1) is 11.3 Å². The number of fused-ring (bicyclic) bond motifs is 1. The Hall–Kier alpha value is -2.73. The number of rotatable bonds is 21. The number of ether oxygens (including phenoxy) is 3. The molecule has 0 spiro atoms. The first-order chi connectivity index (χ1) is 30.3. The number of nitrogens with one attached hydrogen (secondary N) is 2. The van der Waals surface area contributed by atoms with E-state index in [1.54, 1.807) is 60.6 Å². The van der Waals surface area contributed by atoms with Gasteiger partial charge < -0.3 is 24.1 Å². The zero-order chi connectivity index (χ0) is 45.8. The van der Waals surface area contributed by atoms with E-state index in [1.807, 2.05) is 43.0 Å². The van der Waals surface area contributed by atoms with E-state index in [1.165, 1.54) is 23.3 Å². The third kappa shape index (κ3) is 13.0. The summed E-state index contributed by atoms with van der Waals surface area (Å²) in [6.07, 6.45) is 4.58. The number of nitrogens with zero attached hydrogens (tertiary/aromatic N) is 6. The molecule has 1 aromatic carbocycles. The van der Waals surface area contributed by atoms with Gasteiger partial charge in [0.05, 0.1) is 40.9 Å². The van der Waals surface area contributed by atoms with Crippen LogP contribution in [0.5, 0.6) is 0 Å². The fraction of sp³-hybridized carbons (Fsp3) is 0.578. The minimum atomic E-state index is -0.802. The van der Waals surface area contributed by atoms with Gasteiger partial charge in [-0.1, -0.05) is 45.7 Å². The molecule has 14 nitrogen and oxygen atoms in total. The molecule has 3 unspecified atom stereocenters. The van der Waals surface area contributed by atoms with Crippen molar-refractivity contribution in [2.24, 2.45) is 11.3 Å². The number of hydrogen-bond donors (Lipinski definition) is 2. The van der Waals surface area contributed by atoms with Crippen molar-refractivity contribution in [1.82, 2.24) is 38.3 Å². The van der Waals surface area contributed by atoms with Crippen molar-refractivity contribution in [1.29, 1.82) is 0 Å². The predicted octanol–water partition coefficient (Wildman–Crippen LogP) is 7.15. The van der Waals surface area contributed by atoms with E-state index < -0.39 is 11.3 Å². The number of pyridine rings is 1. The molecule has 2 amide bonds. The molecule has 18 heteroatoms. The Bertz CT molecular complexity index is 2120. The number of amides is 2. The number of hydrogen-bond acceptors (Lipinski definition) is 14. The average Bonchev–Trinajstić information content (AvgIpc) is 3.87. The van der Waals surface area contributed by atoms with Crippen LogP contribution in [0.1, 0.15) is 76.8 Å². The van der Waals surface area contributed by atoms with Crippen LogP contribution in [0.15, 0.2) is 41.9 Å². The molecule has 4 aromatic rings. The van der Waals surface area contributed by atoms with Crippen molar-refractivity contribution >= 4 is 87.6 Å². The number of methoxy groups -OCH3 is 2. The second-order valence-electron chi connectivity index (χ2n) is 16.9. The van der Waals surface area contributed by atoms with Crippen LogP contribution >= 0.6 is 35.4 Å². The molecule has 5 heterocycles. The number of aromatic nitrogens is 3. The van der Waals surface area contributed by atoms with Crippen LogP contribution in [0.25, 0.3) is 33.4 Å². The summed E-state index contributed by atoms with van der Waals surface area (Å²) in [6.45, 7) is 16.9. The summed E-state index contributed by atoms with van der Waals surface area (Å²) in [6, 6.07) is 9.70. The Balaban J connectivity index is 0.00000369. The average molecular weight is 1030 g/mol. The molecule has 2 aliphatic heterocycles. The van der Waals surface area contributed by atoms with Gasteiger partial charge in [-0.25, -0.2) is 14.7 Å². The van der Waals surface area contributed by atoms with Gasteiger partial charge in [0.15, 0.2) is 0 Å². The molecule has 0 aliphatic carbocycles. The Kier molecular flexibility index (Phi) is 19.7. The van der Waals surface area contributed by atoms with Crippen LogP contribution in [0.4, 0.5) is 0 Å². The minimum absolute atomic E-state index is 0.0191. The number of hydrazine groups is 1. The van der Waals surface area contributed by atoms with E-state index in [9.17, 15) is 14.4 Å². The van der Waals surface area contributed by atoms with Crippen molar-refractivity contribution in [3.63, 3.8) is 0 Å². The molecule has 6 rings (SSSR count). The monoisotopic (exact) mass is 1030 g/mol. The molecule has 2 aliphatic rings. The van der Waals surface area contributed by atoms with E-state index in [-0.39, 0.29) is 48.4 Å². The summed E-state index contributed by atoms with van der Waals surface area (Å²) in [5.74, 6) is -0.319. The zero-order valence-corrected chi connectivity index (χ0v) is 43.4. The normalized spacial score (nSPS) is 16.4. The zero-order valence-electron chi connectivity index (χ0n) is 38.4. The molecular weight excluding hydrogens is 967 g/mol. The van der Waals surface area contributed by atoms with Crippen molar-refractivity contribution < 1.29 is 28.6 Å². The molecule has 63 heavy (non-hydrogen) atoms. The van der Waals surface area contributed by atoms with Crippen molar-refractivity contribution in [2.75, 3.05) is 54.1 Å². The molecule has 344 valence electrons. The number of carbonyl (C=O) groups is 3. The van der Waals surface area contributed by atoms with Gasteiger partial charge in [0.2, 0.25) is 5.91 Å². The van der Waals surface area contributed by atoms with E-state index in [4.69, 9.17) is 24.2 Å². The fourth-order valence-corrected chi connectivity index (χ4v) is 11.0. The quantitative estimate of drug-likeness (QED) is 0.0496. The molecule has 2 saturated heterocycles. The number of aryl methyl sites for hydroxylation is 1. The van der Waals surface area contributed by atoms with Crippen LogP contribution in [-0.2, 0) is 48.0 Å². The molecule has 2 fully saturated rings. The number of thiazole rings is 1. The second kappa shape index (κ2) is 24.2. The third-order valence-corrected chi connectivity index (χ3v) is 14.6. The van der Waals surface area contributed by atoms with Crippen molar-refractivity contribution in [3.05, 3.63) is 58.2 Å². The van der Waals surface area contributed by atoms with Crippen molar-refractivity contribution in [3.8, 4) is 22.5 Å². The van der Waals surface area contributed by atoms with Gasteiger partial charge in [-0.2, -0.15) is 3.71 Å². The fourth-order valence-electron chi connectivity index (χ4n) is 7.90. The van der Waals surface area contributed by atoms with Crippen molar-refractivity contribution in [2.45, 2.75) is 102 Å². The summed E-state index contributed by atoms with van der Waals surface area (Å²) in [7, 11) is 5.39. The molecule has 3 atom stereocenters. The first kappa shape index (κ1) is 51.3. The molecule has 3 aromatic heterocycles. The summed E-state index contributed by atoms with van der Waals surface area (Å²) in [5, 5.41) is 8.28. The maximum atomic E-state index is 14.2. The maximum absolute atomic E-state index is 14.2. The predicted molar refractivity (Wildman–Crippen MR) is 257 cm³/mol. The summed E-state index contributed by atoms with van der Waals surface area (Å²) >= 11 is 6.29. The van der Waals surface area contributed by atoms with Gasteiger partial charge in [-0.05, 0) is 68.9 Å². The standard InChI is InChI=1S/C44H62N8O6S3.CH3.Sb/c1-10-51-37-16-15-30(20-33(37)34(22-44(5,6)26-58-27-53)40(51)32-14-13-17-45-39(32)29(4)56-8)36-25-59-38(47-36)21-35(43(55)52-19-12-11-18-46-52)48-42(54)41(28(2)3)60-49(7)61-50-23-31(24-50)57-9;;/h13-17,20,25,27-29,31,35,41,46H,10-12,18-19,21-24,26H2,1-9H3,(H,48,54);1H3;. The van der Waals surface area contributed by atoms with Gasteiger partial charge in [-0.15, -0.1) is 11.3 Å². The molecule has 0 saturated carbocycles. The number of carbonyl (C=O) groups excluding carboxylic acids is 3. The number of benzene rings is 1. The van der Waals surface area contributed by atoms with Gasteiger partial charge in [0, 0.05) is 112 Å². The first-order valence-electron chi connectivity index (χ1n) is 21.6. The van der Waals surface area contributed by atoms with Gasteiger partial charge in [0.25, 0.3) is 12.4 Å². The second-order valence-corrected chi connectivity index (χ2v) is 20.5. The summed E-state index contributed by atoms with van der Waals surface area (Å²) in [4.78, 5) is 51.5. The third-order valence-electron chi connectivity index (χ3n) is 11.2. The SMILES string of the molecule is CCn1c(-c2cccnc2C(C)OC)c(CC(C)(C)COC=O)c2cc(-c3csc(CC(NC(=O)C(SN(C)SN4CC(OC)C4)C(C)C)C(=O)N4CCCCN4)n3)ccc21.[CH3][Sb]. The van der Waals surface area contributed by atoms with E-state index >= 15 is 0 Å². The topological polar surface area (TPSA) is 143 Å². The van der Waals surface area contributed by atoms with E-state index in [0.29, 0.717) is 26.0 Å². The Morgan fingerprint density at radius 2 is 1.92 bits per heavy atom. The molecular formula is C45H65N8O6S3Sb. The van der Waals surface area contributed by atoms with Gasteiger partial charge >= 0.3 is 27.9 Å².